The molecule has 1 heterocycles. The summed E-state index contributed by atoms with van der Waals surface area (Å²) >= 11 is 0. The summed E-state index contributed by atoms with van der Waals surface area (Å²) in [5.74, 6) is -0.778. The van der Waals surface area contributed by atoms with Gasteiger partial charge >= 0.3 is 12.1 Å². The van der Waals surface area contributed by atoms with Crippen LogP contribution in [0, 0.1) is 0 Å². The number of benzene rings is 2. The molecule has 0 bridgehead atoms. The number of carbonyl (C=O) groups is 1. The van der Waals surface area contributed by atoms with Gasteiger partial charge in [-0.3, -0.25) is 9.69 Å². The summed E-state index contributed by atoms with van der Waals surface area (Å²) in [6, 6.07) is 12.1. The minimum absolute atomic E-state index is 0.0169. The normalized spacial score (nSPS) is 17.7. The lowest BCUT2D eigenvalue weighted by atomic mass is 10.1. The van der Waals surface area contributed by atoms with Crippen LogP contribution in [0.2, 0.25) is 0 Å². The molecule has 2 aromatic carbocycles. The van der Waals surface area contributed by atoms with Gasteiger partial charge in [-0.1, -0.05) is 24.3 Å². The van der Waals surface area contributed by atoms with Crippen LogP contribution >= 0.6 is 0 Å². The van der Waals surface area contributed by atoms with E-state index in [4.69, 9.17) is 19.3 Å². The molecule has 8 heteroatoms. The first-order chi connectivity index (χ1) is 13.9. The Morgan fingerprint density at radius 2 is 1.97 bits per heavy atom. The molecule has 0 saturated carbocycles. The Hall–Kier alpha value is -2.71. The van der Waals surface area contributed by atoms with E-state index in [1.54, 1.807) is 18.2 Å². The number of halogens is 2. The van der Waals surface area contributed by atoms with Gasteiger partial charge in [0.25, 0.3) is 0 Å². The van der Waals surface area contributed by atoms with Crippen molar-refractivity contribution in [2.45, 2.75) is 18.6 Å². The summed E-state index contributed by atoms with van der Waals surface area (Å²) in [6.07, 6.45) is -3.73. The molecule has 0 spiro atoms. The van der Waals surface area contributed by atoms with E-state index in [2.05, 4.69) is 0 Å². The zero-order valence-electron chi connectivity index (χ0n) is 16.0. The predicted octanol–water partition coefficient (Wildman–Crippen LogP) is 3.67. The molecule has 0 radical (unpaired) electrons. The van der Waals surface area contributed by atoms with Gasteiger partial charge in [0.1, 0.15) is 17.1 Å². The molecule has 1 unspecified atom stereocenters. The van der Waals surface area contributed by atoms with Gasteiger partial charge in [-0.2, -0.15) is 8.78 Å². The first-order valence-corrected chi connectivity index (χ1v) is 9.25. The van der Waals surface area contributed by atoms with Crippen LogP contribution in [-0.2, 0) is 15.6 Å². The molecular formula is C21H23F2NO5. The van der Waals surface area contributed by atoms with Crippen LogP contribution in [0.25, 0.3) is 0 Å². The van der Waals surface area contributed by atoms with Gasteiger partial charge in [0.2, 0.25) is 0 Å². The van der Waals surface area contributed by atoms with Crippen molar-refractivity contribution in [1.82, 2.24) is 4.90 Å². The number of rotatable bonds is 8. The van der Waals surface area contributed by atoms with Gasteiger partial charge in [-0.25, -0.2) is 0 Å². The minimum atomic E-state index is -3.55. The summed E-state index contributed by atoms with van der Waals surface area (Å²) < 4.78 is 44.8. The first kappa shape index (κ1) is 21.0. The Morgan fingerprint density at radius 1 is 1.24 bits per heavy atom. The minimum Gasteiger partial charge on any atom is -0.496 e. The third-order valence-electron chi connectivity index (χ3n) is 4.71. The van der Waals surface area contributed by atoms with Crippen LogP contribution in [0.15, 0.2) is 48.5 Å². The Kier molecular flexibility index (Phi) is 6.66. The SMILES string of the molecule is COc1ccccc1C(F)(F)Oc1ccc(C2CN(CCC(=O)O)CCO2)cc1. The molecule has 3 rings (SSSR count). The molecule has 1 aliphatic rings. The fraction of sp³-hybridized carbons (Fsp3) is 0.381. The van der Waals surface area contributed by atoms with E-state index in [0.29, 0.717) is 26.2 Å². The van der Waals surface area contributed by atoms with Crippen molar-refractivity contribution in [2.24, 2.45) is 0 Å². The van der Waals surface area contributed by atoms with E-state index in [1.807, 2.05) is 4.90 Å². The maximum Gasteiger partial charge on any atom is 0.430 e. The number of hydrogen-bond donors (Lipinski definition) is 1. The third-order valence-corrected chi connectivity index (χ3v) is 4.71. The molecule has 1 saturated heterocycles. The molecule has 2 aromatic rings. The highest BCUT2D eigenvalue weighted by Gasteiger charge is 2.37. The Bertz CT molecular complexity index is 828. The molecular weight excluding hydrogens is 384 g/mol. The van der Waals surface area contributed by atoms with Gasteiger partial charge in [-0.05, 0) is 29.8 Å². The number of aliphatic carboxylic acids is 1. The maximum atomic E-state index is 14.6. The fourth-order valence-corrected chi connectivity index (χ4v) is 3.20. The quantitative estimate of drug-likeness (QED) is 0.720. The van der Waals surface area contributed by atoms with E-state index in [-0.39, 0.29) is 29.6 Å². The van der Waals surface area contributed by atoms with E-state index < -0.39 is 12.1 Å². The van der Waals surface area contributed by atoms with Crippen LogP contribution < -0.4 is 9.47 Å². The maximum absolute atomic E-state index is 14.6. The third kappa shape index (κ3) is 5.42. The van der Waals surface area contributed by atoms with Crippen LogP contribution in [0.1, 0.15) is 23.7 Å². The van der Waals surface area contributed by atoms with Crippen molar-refractivity contribution in [3.8, 4) is 11.5 Å². The molecule has 1 fully saturated rings. The standard InChI is InChI=1S/C21H23F2NO5/c1-27-18-5-3-2-4-17(18)21(22,23)29-16-8-6-15(7-9-16)19-14-24(12-13-28-19)11-10-20(25)26/h2-9,19H,10-14H2,1H3,(H,25,26). The van der Waals surface area contributed by atoms with Gasteiger partial charge in [-0.15, -0.1) is 0 Å². The summed E-state index contributed by atoms with van der Waals surface area (Å²) in [6.45, 7) is 2.14. The van der Waals surface area contributed by atoms with Crippen molar-refractivity contribution >= 4 is 5.97 Å². The molecule has 1 N–H and O–H groups in total. The lowest BCUT2D eigenvalue weighted by Gasteiger charge is -2.32. The molecule has 0 amide bonds. The van der Waals surface area contributed by atoms with Crippen LogP contribution in [0.4, 0.5) is 8.78 Å². The monoisotopic (exact) mass is 407 g/mol. The van der Waals surface area contributed by atoms with Gasteiger partial charge in [0.15, 0.2) is 0 Å². The Morgan fingerprint density at radius 3 is 2.66 bits per heavy atom. The van der Waals surface area contributed by atoms with E-state index in [9.17, 15) is 13.6 Å². The average molecular weight is 407 g/mol. The van der Waals surface area contributed by atoms with Crippen molar-refractivity contribution in [1.29, 1.82) is 0 Å². The van der Waals surface area contributed by atoms with Gasteiger partial charge in [0.05, 0.1) is 26.2 Å². The number of para-hydroxylation sites is 1. The number of alkyl halides is 2. The molecule has 156 valence electrons. The fourth-order valence-electron chi connectivity index (χ4n) is 3.20. The van der Waals surface area contributed by atoms with Crippen molar-refractivity contribution in [3.05, 3.63) is 59.7 Å². The number of hydrogen-bond acceptors (Lipinski definition) is 5. The van der Waals surface area contributed by atoms with Gasteiger partial charge in [0, 0.05) is 19.6 Å². The van der Waals surface area contributed by atoms with Gasteiger partial charge < -0.3 is 19.3 Å². The summed E-state index contributed by atoms with van der Waals surface area (Å²) in [5.41, 5.74) is 0.467. The number of methoxy groups -OCH3 is 1. The highest BCUT2D eigenvalue weighted by molar-refractivity contribution is 5.66. The Balaban J connectivity index is 1.66. The van der Waals surface area contributed by atoms with Crippen LogP contribution in [0.3, 0.4) is 0 Å². The van der Waals surface area contributed by atoms with E-state index >= 15 is 0 Å². The molecule has 29 heavy (non-hydrogen) atoms. The average Bonchev–Trinajstić information content (AvgIpc) is 2.72. The van der Waals surface area contributed by atoms with Crippen molar-refractivity contribution in [3.63, 3.8) is 0 Å². The van der Waals surface area contributed by atoms with Crippen LogP contribution in [0.5, 0.6) is 11.5 Å². The van der Waals surface area contributed by atoms with Crippen molar-refractivity contribution in [2.75, 3.05) is 33.4 Å². The lowest BCUT2D eigenvalue weighted by Crippen LogP contribution is -2.39. The summed E-state index contributed by atoms with van der Waals surface area (Å²) in [7, 11) is 1.33. The Labute approximate surface area is 167 Å². The molecule has 0 aromatic heterocycles. The largest absolute Gasteiger partial charge is 0.496 e. The highest BCUT2D eigenvalue weighted by Crippen LogP contribution is 2.37. The first-order valence-electron chi connectivity index (χ1n) is 9.25. The predicted molar refractivity (Wildman–Crippen MR) is 101 cm³/mol. The zero-order valence-corrected chi connectivity index (χ0v) is 16.0. The second-order valence-corrected chi connectivity index (χ2v) is 6.69. The second kappa shape index (κ2) is 9.19. The number of nitrogens with zero attached hydrogens (tertiary/aromatic N) is 1. The second-order valence-electron chi connectivity index (χ2n) is 6.69. The lowest BCUT2D eigenvalue weighted by molar-refractivity contribution is -0.186. The van der Waals surface area contributed by atoms with E-state index in [0.717, 1.165) is 5.56 Å². The van der Waals surface area contributed by atoms with Crippen molar-refractivity contribution < 1.29 is 32.9 Å². The summed E-state index contributed by atoms with van der Waals surface area (Å²) in [4.78, 5) is 12.8. The highest BCUT2D eigenvalue weighted by atomic mass is 19.3. The van der Waals surface area contributed by atoms with E-state index in [1.165, 1.54) is 37.4 Å². The number of morpholine rings is 1. The summed E-state index contributed by atoms with van der Waals surface area (Å²) in [5, 5.41) is 8.82. The molecule has 0 aliphatic carbocycles. The number of ether oxygens (including phenoxy) is 3. The molecule has 1 aliphatic heterocycles. The topological polar surface area (TPSA) is 68.2 Å². The smallest absolute Gasteiger partial charge is 0.430 e. The van der Waals surface area contributed by atoms with Crippen LogP contribution in [-0.4, -0.2) is 49.3 Å². The number of carboxylic acids is 1. The molecule has 1 atom stereocenters. The molecule has 6 nitrogen and oxygen atoms in total. The number of carboxylic acid groups (broad SMARTS) is 1. The zero-order chi connectivity index (χ0) is 20.9.